The van der Waals surface area contributed by atoms with Crippen LogP contribution in [0.15, 0.2) is 83.8 Å². The molecule has 0 aliphatic carbocycles. The summed E-state index contributed by atoms with van der Waals surface area (Å²) in [7, 11) is -3.83. The van der Waals surface area contributed by atoms with Crippen LogP contribution in [-0.4, -0.2) is 49.8 Å². The molecule has 4 rings (SSSR count). The lowest BCUT2D eigenvalue weighted by Gasteiger charge is -2.31. The number of nitrogens with zero attached hydrogens (tertiary/aromatic N) is 2. The summed E-state index contributed by atoms with van der Waals surface area (Å²) in [4.78, 5) is 14.8. The maximum absolute atomic E-state index is 13.8. The van der Waals surface area contributed by atoms with E-state index < -0.39 is 10.0 Å². The van der Waals surface area contributed by atoms with E-state index in [9.17, 15) is 13.2 Å². The van der Waals surface area contributed by atoms with Crippen LogP contribution in [0.3, 0.4) is 0 Å². The fourth-order valence-electron chi connectivity index (χ4n) is 4.27. The third kappa shape index (κ3) is 5.93. The minimum atomic E-state index is -3.83. The van der Waals surface area contributed by atoms with Crippen molar-refractivity contribution < 1.29 is 17.9 Å². The van der Waals surface area contributed by atoms with Gasteiger partial charge in [-0.05, 0) is 53.9 Å². The fourth-order valence-corrected chi connectivity index (χ4v) is 6.07. The van der Waals surface area contributed by atoms with E-state index in [0.717, 1.165) is 11.1 Å². The van der Waals surface area contributed by atoms with Gasteiger partial charge in [-0.3, -0.25) is 4.79 Å². The lowest BCUT2D eigenvalue weighted by Crippen LogP contribution is -2.40. The molecule has 1 atom stereocenters. The zero-order valence-corrected chi connectivity index (χ0v) is 21.2. The van der Waals surface area contributed by atoms with Gasteiger partial charge in [0.2, 0.25) is 10.0 Å². The summed E-state index contributed by atoms with van der Waals surface area (Å²) in [6, 6.07) is 22.7. The summed E-state index contributed by atoms with van der Waals surface area (Å²) in [6.07, 6.45) is 0.602. The Kier molecular flexibility index (Phi) is 8.23. The molecular formula is C27H29ClN2O4S. The largest absolute Gasteiger partial charge is 0.378 e. The van der Waals surface area contributed by atoms with Crippen molar-refractivity contribution in [2.24, 2.45) is 0 Å². The Balaban J connectivity index is 1.65. The van der Waals surface area contributed by atoms with Crippen molar-refractivity contribution >= 4 is 27.5 Å². The van der Waals surface area contributed by atoms with Crippen LogP contribution < -0.4 is 0 Å². The predicted molar refractivity (Wildman–Crippen MR) is 137 cm³/mol. The molecule has 1 fully saturated rings. The molecule has 0 aromatic heterocycles. The molecule has 1 amide bonds. The van der Waals surface area contributed by atoms with Gasteiger partial charge in [-0.1, -0.05) is 61.0 Å². The van der Waals surface area contributed by atoms with Crippen molar-refractivity contribution in [3.63, 3.8) is 0 Å². The Hall–Kier alpha value is -2.71. The minimum Gasteiger partial charge on any atom is -0.378 e. The highest BCUT2D eigenvalue weighted by Crippen LogP contribution is 2.32. The summed E-state index contributed by atoms with van der Waals surface area (Å²) in [5.41, 5.74) is 2.31. The van der Waals surface area contributed by atoms with E-state index in [4.69, 9.17) is 16.3 Å². The Labute approximate surface area is 212 Å². The van der Waals surface area contributed by atoms with Gasteiger partial charge in [-0.15, -0.1) is 0 Å². The number of ether oxygens (including phenoxy) is 1. The molecule has 8 heteroatoms. The number of carbonyl (C=O) groups excluding carboxylic acids is 1. The first-order valence-electron chi connectivity index (χ1n) is 11.7. The number of halogens is 1. The first-order chi connectivity index (χ1) is 16.9. The molecule has 0 radical (unpaired) electrons. The summed E-state index contributed by atoms with van der Waals surface area (Å²) >= 11 is 6.01. The van der Waals surface area contributed by atoms with Gasteiger partial charge in [0.15, 0.2) is 0 Å². The van der Waals surface area contributed by atoms with Gasteiger partial charge < -0.3 is 9.64 Å². The standard InChI is InChI=1S/C27H29ClN2O4S/c1-2-26(22-6-4-3-5-7-22)30(35(32,33)25-14-12-24(28)13-15-25)20-21-8-10-23(11-9-21)27(31)29-16-18-34-19-17-29/h3-15,26H,2,16-20H2,1H3/t26-/m0/s1. The summed E-state index contributed by atoms with van der Waals surface area (Å²) < 4.78 is 34.5. The second-order valence-electron chi connectivity index (χ2n) is 8.44. The van der Waals surface area contributed by atoms with Crippen LogP contribution in [-0.2, 0) is 21.3 Å². The second kappa shape index (κ2) is 11.4. The summed E-state index contributed by atoms with van der Waals surface area (Å²) in [5.74, 6) is -0.0405. The van der Waals surface area contributed by atoms with Crippen LogP contribution in [0, 0.1) is 0 Å². The number of hydrogen-bond acceptors (Lipinski definition) is 4. The van der Waals surface area contributed by atoms with Crippen molar-refractivity contribution in [3.05, 3.63) is 101 Å². The summed E-state index contributed by atoms with van der Waals surface area (Å²) in [5, 5.41) is 0.478. The Morgan fingerprint density at radius 2 is 1.60 bits per heavy atom. The molecule has 0 saturated carbocycles. The van der Waals surface area contributed by atoms with Crippen molar-refractivity contribution in [3.8, 4) is 0 Å². The maximum Gasteiger partial charge on any atom is 0.254 e. The first-order valence-corrected chi connectivity index (χ1v) is 13.5. The number of carbonyl (C=O) groups is 1. The van der Waals surface area contributed by atoms with E-state index in [-0.39, 0.29) is 23.4 Å². The smallest absolute Gasteiger partial charge is 0.254 e. The number of amides is 1. The van der Waals surface area contributed by atoms with Crippen LogP contribution in [0.5, 0.6) is 0 Å². The Bertz CT molecular complexity index is 1230. The zero-order valence-electron chi connectivity index (χ0n) is 19.6. The Morgan fingerprint density at radius 1 is 0.971 bits per heavy atom. The molecule has 35 heavy (non-hydrogen) atoms. The molecule has 0 bridgehead atoms. The number of morpholine rings is 1. The van der Waals surface area contributed by atoms with Gasteiger partial charge in [-0.2, -0.15) is 4.31 Å². The van der Waals surface area contributed by atoms with Gasteiger partial charge in [0.05, 0.1) is 24.2 Å². The summed E-state index contributed by atoms with van der Waals surface area (Å²) in [6.45, 7) is 4.38. The highest BCUT2D eigenvalue weighted by atomic mass is 35.5. The monoisotopic (exact) mass is 512 g/mol. The number of benzene rings is 3. The van der Waals surface area contributed by atoms with E-state index in [1.54, 1.807) is 29.2 Å². The highest BCUT2D eigenvalue weighted by molar-refractivity contribution is 7.89. The molecule has 1 heterocycles. The third-order valence-corrected chi connectivity index (χ3v) is 8.30. The molecule has 0 unspecified atom stereocenters. The van der Waals surface area contributed by atoms with Gasteiger partial charge in [0, 0.05) is 30.2 Å². The first kappa shape index (κ1) is 25.4. The quantitative estimate of drug-likeness (QED) is 0.418. The van der Waals surface area contributed by atoms with Crippen LogP contribution in [0.1, 0.15) is 40.9 Å². The number of hydrogen-bond donors (Lipinski definition) is 0. The van der Waals surface area contributed by atoms with Crippen LogP contribution in [0.2, 0.25) is 5.02 Å². The van der Waals surface area contributed by atoms with E-state index in [1.807, 2.05) is 49.4 Å². The molecule has 184 valence electrons. The van der Waals surface area contributed by atoms with Crippen molar-refractivity contribution in [2.45, 2.75) is 30.8 Å². The molecule has 0 N–H and O–H groups in total. The average Bonchev–Trinajstić information content (AvgIpc) is 2.90. The zero-order chi connectivity index (χ0) is 24.8. The molecule has 6 nitrogen and oxygen atoms in total. The SMILES string of the molecule is CC[C@@H](c1ccccc1)N(Cc1ccc(C(=O)N2CCOCC2)cc1)S(=O)(=O)c1ccc(Cl)cc1. The minimum absolute atomic E-state index is 0.0405. The second-order valence-corrected chi connectivity index (χ2v) is 10.8. The van der Waals surface area contributed by atoms with Crippen molar-refractivity contribution in [1.82, 2.24) is 9.21 Å². The molecule has 3 aromatic rings. The molecule has 0 spiro atoms. The average molecular weight is 513 g/mol. The van der Waals surface area contributed by atoms with Crippen LogP contribution in [0.25, 0.3) is 0 Å². The van der Waals surface area contributed by atoms with E-state index in [1.165, 1.54) is 16.4 Å². The maximum atomic E-state index is 13.8. The molecule has 1 aliphatic heterocycles. The molecule has 1 aliphatic rings. The Morgan fingerprint density at radius 3 is 2.20 bits per heavy atom. The van der Waals surface area contributed by atoms with E-state index >= 15 is 0 Å². The number of rotatable bonds is 8. The highest BCUT2D eigenvalue weighted by Gasteiger charge is 2.32. The third-order valence-electron chi connectivity index (χ3n) is 6.18. The topological polar surface area (TPSA) is 66.9 Å². The van der Waals surface area contributed by atoms with Crippen molar-refractivity contribution in [1.29, 1.82) is 0 Å². The molecular weight excluding hydrogens is 484 g/mol. The van der Waals surface area contributed by atoms with Gasteiger partial charge >= 0.3 is 0 Å². The van der Waals surface area contributed by atoms with Gasteiger partial charge in [0.1, 0.15) is 0 Å². The fraction of sp³-hybridized carbons (Fsp3) is 0.296. The van der Waals surface area contributed by atoms with Gasteiger partial charge in [-0.25, -0.2) is 8.42 Å². The van der Waals surface area contributed by atoms with Crippen LogP contribution >= 0.6 is 11.6 Å². The lowest BCUT2D eigenvalue weighted by molar-refractivity contribution is 0.0303. The van der Waals surface area contributed by atoms with E-state index in [2.05, 4.69) is 0 Å². The normalized spacial score (nSPS) is 15.2. The lowest BCUT2D eigenvalue weighted by atomic mass is 10.0. The van der Waals surface area contributed by atoms with Crippen molar-refractivity contribution in [2.75, 3.05) is 26.3 Å². The van der Waals surface area contributed by atoms with E-state index in [0.29, 0.717) is 43.3 Å². The predicted octanol–water partition coefficient (Wildman–Crippen LogP) is 5.15. The van der Waals surface area contributed by atoms with Gasteiger partial charge in [0.25, 0.3) is 5.91 Å². The molecule has 3 aromatic carbocycles. The molecule has 1 saturated heterocycles. The van der Waals surface area contributed by atoms with Crippen LogP contribution in [0.4, 0.5) is 0 Å². The number of sulfonamides is 1.